The van der Waals surface area contributed by atoms with E-state index in [4.69, 9.17) is 4.74 Å². The average Bonchev–Trinajstić information content (AvgIpc) is 2.55. The highest BCUT2D eigenvalue weighted by molar-refractivity contribution is 5.21. The van der Waals surface area contributed by atoms with Gasteiger partial charge in [-0.1, -0.05) is 84.8 Å². The molecule has 0 spiro atoms. The molecule has 0 aliphatic heterocycles. The van der Waals surface area contributed by atoms with Crippen LogP contribution in [0.5, 0.6) is 0 Å². The Kier molecular flexibility index (Phi) is 9.23. The third-order valence-corrected chi connectivity index (χ3v) is 3.48. The predicted molar refractivity (Wildman–Crippen MR) is 101 cm³/mol. The van der Waals surface area contributed by atoms with Gasteiger partial charge in [0.2, 0.25) is 0 Å². The lowest BCUT2D eigenvalue weighted by molar-refractivity contribution is 0.164. The zero-order chi connectivity index (χ0) is 16.9. The van der Waals surface area contributed by atoms with Crippen molar-refractivity contribution in [1.82, 2.24) is 0 Å². The highest BCUT2D eigenvalue weighted by atomic mass is 16.5. The molecular weight excluding hydrogens is 280 g/mol. The number of hydrogen-bond acceptors (Lipinski definition) is 1. The van der Waals surface area contributed by atoms with Crippen molar-refractivity contribution >= 4 is 0 Å². The summed E-state index contributed by atoms with van der Waals surface area (Å²) >= 11 is 0. The first-order valence-electron chi connectivity index (χ1n) is 8.17. The minimum absolute atomic E-state index is 0.00368. The van der Waals surface area contributed by atoms with E-state index >= 15 is 0 Å². The molecule has 0 saturated carbocycles. The van der Waals surface area contributed by atoms with Gasteiger partial charge in [-0.15, -0.1) is 0 Å². The molecule has 0 fully saturated rings. The monoisotopic (exact) mass is 308 g/mol. The second-order valence-electron chi connectivity index (χ2n) is 5.54. The number of allylic oxidation sites excluding steroid dienone is 5. The fraction of sp³-hybridized carbons (Fsp3) is 0.273. The molecule has 1 rings (SSSR count). The summed E-state index contributed by atoms with van der Waals surface area (Å²) in [5.41, 5.74) is 3.72. The van der Waals surface area contributed by atoms with Gasteiger partial charge >= 0.3 is 0 Å². The fourth-order valence-corrected chi connectivity index (χ4v) is 1.87. The highest BCUT2D eigenvalue weighted by Crippen LogP contribution is 2.16. The minimum atomic E-state index is 0.00368. The van der Waals surface area contributed by atoms with Crippen LogP contribution in [-0.2, 0) is 4.74 Å². The summed E-state index contributed by atoms with van der Waals surface area (Å²) < 4.78 is 5.79. The maximum absolute atomic E-state index is 5.79. The van der Waals surface area contributed by atoms with Crippen LogP contribution in [0.3, 0.4) is 0 Å². The average molecular weight is 308 g/mol. The molecule has 0 radical (unpaired) electrons. The van der Waals surface area contributed by atoms with Gasteiger partial charge in [0.05, 0.1) is 6.26 Å². The van der Waals surface area contributed by atoms with Crippen molar-refractivity contribution in [2.45, 2.75) is 40.2 Å². The predicted octanol–water partition coefficient (Wildman–Crippen LogP) is 6.62. The molecule has 1 atom stereocenters. The summed E-state index contributed by atoms with van der Waals surface area (Å²) in [6.45, 7) is 8.44. The van der Waals surface area contributed by atoms with Crippen molar-refractivity contribution in [3.8, 4) is 0 Å². The summed E-state index contributed by atoms with van der Waals surface area (Å²) in [6, 6.07) is 16.5. The van der Waals surface area contributed by atoms with Gasteiger partial charge in [0.25, 0.3) is 0 Å². The Hall–Kier alpha value is -2.28. The van der Waals surface area contributed by atoms with E-state index < -0.39 is 0 Å². The van der Waals surface area contributed by atoms with Gasteiger partial charge in [-0.05, 0) is 38.8 Å². The van der Waals surface area contributed by atoms with Crippen LogP contribution in [0, 0.1) is 6.92 Å². The maximum atomic E-state index is 5.79. The molecule has 122 valence electrons. The second-order valence-corrected chi connectivity index (χ2v) is 5.54. The van der Waals surface area contributed by atoms with Crippen molar-refractivity contribution in [1.29, 1.82) is 0 Å². The van der Waals surface area contributed by atoms with E-state index in [1.807, 2.05) is 48.6 Å². The molecular formula is C22H28O. The van der Waals surface area contributed by atoms with Crippen LogP contribution < -0.4 is 0 Å². The minimum Gasteiger partial charge on any atom is -0.494 e. The molecule has 1 aromatic carbocycles. The zero-order valence-electron chi connectivity index (χ0n) is 14.7. The van der Waals surface area contributed by atoms with E-state index in [0.717, 1.165) is 12.0 Å². The third kappa shape index (κ3) is 8.67. The number of aryl methyl sites for hydroxylation is 1. The number of ether oxygens (including phenoxy) is 1. The molecule has 1 unspecified atom stereocenters. The van der Waals surface area contributed by atoms with Gasteiger partial charge in [0, 0.05) is 0 Å². The molecule has 0 aliphatic carbocycles. The quantitative estimate of drug-likeness (QED) is 0.423. The van der Waals surface area contributed by atoms with Gasteiger partial charge in [-0.3, -0.25) is 0 Å². The van der Waals surface area contributed by atoms with E-state index in [1.54, 1.807) is 6.26 Å². The molecule has 1 aromatic rings. The molecule has 1 heteroatoms. The molecule has 0 aliphatic rings. The summed E-state index contributed by atoms with van der Waals surface area (Å²) in [5, 5.41) is 0. The van der Waals surface area contributed by atoms with Crippen molar-refractivity contribution in [2.24, 2.45) is 0 Å². The van der Waals surface area contributed by atoms with Gasteiger partial charge in [0.1, 0.15) is 6.10 Å². The SMILES string of the molecule is CC/C(C)=C/C=C\C=C\OC(C)c1cccccccc(C)c1. The van der Waals surface area contributed by atoms with Crippen molar-refractivity contribution in [3.63, 3.8) is 0 Å². The topological polar surface area (TPSA) is 9.23 Å². The molecule has 0 amide bonds. The lowest BCUT2D eigenvalue weighted by atomic mass is 10.1. The van der Waals surface area contributed by atoms with Gasteiger partial charge in [-0.2, -0.15) is 0 Å². The summed E-state index contributed by atoms with van der Waals surface area (Å²) in [7, 11) is 0. The van der Waals surface area contributed by atoms with Gasteiger partial charge in [0.15, 0.2) is 0 Å². The number of rotatable bonds is 6. The van der Waals surface area contributed by atoms with Crippen LogP contribution in [0.25, 0.3) is 0 Å². The van der Waals surface area contributed by atoms with Gasteiger partial charge < -0.3 is 4.74 Å². The number of hydrogen-bond donors (Lipinski definition) is 0. The Balaban J connectivity index is 2.74. The third-order valence-electron chi connectivity index (χ3n) is 3.48. The lowest BCUT2D eigenvalue weighted by Crippen LogP contribution is -1.93. The van der Waals surface area contributed by atoms with Crippen LogP contribution in [-0.4, -0.2) is 0 Å². The Bertz CT molecular complexity index is 607. The van der Waals surface area contributed by atoms with E-state index in [2.05, 4.69) is 52.0 Å². The van der Waals surface area contributed by atoms with Crippen molar-refractivity contribution < 1.29 is 4.74 Å². The highest BCUT2D eigenvalue weighted by Gasteiger charge is 2.02. The smallest absolute Gasteiger partial charge is 0.120 e. The summed E-state index contributed by atoms with van der Waals surface area (Å²) in [5.74, 6) is 0. The standard InChI is InChI=1S/C22H28O/c1-5-19(2)14-11-9-13-17-23-21(4)22-16-12-8-6-7-10-15-20(3)18-22/h6-18,21H,5H2,1-4H3/b7-6?,8-6?,10-7?,11-9-,12-8?,15-10?,16-12?,17-13+,19-14+,20-15?,20-18?,22-16?,22-18?. The molecule has 0 heterocycles. The van der Waals surface area contributed by atoms with E-state index in [0.29, 0.717) is 0 Å². The van der Waals surface area contributed by atoms with Gasteiger partial charge in [-0.25, -0.2) is 0 Å². The van der Waals surface area contributed by atoms with E-state index in [1.165, 1.54) is 11.1 Å². The molecule has 1 nitrogen and oxygen atoms in total. The summed E-state index contributed by atoms with van der Waals surface area (Å²) in [4.78, 5) is 0. The van der Waals surface area contributed by atoms with Crippen molar-refractivity contribution in [2.75, 3.05) is 0 Å². The lowest BCUT2D eigenvalue weighted by Gasteiger charge is -2.10. The Morgan fingerprint density at radius 1 is 1.04 bits per heavy atom. The van der Waals surface area contributed by atoms with Crippen LogP contribution in [0.15, 0.2) is 84.7 Å². The normalized spacial score (nSPS) is 13.1. The first-order chi connectivity index (χ1) is 11.1. The molecule has 0 saturated heterocycles. The van der Waals surface area contributed by atoms with E-state index in [-0.39, 0.29) is 6.10 Å². The Labute approximate surface area is 141 Å². The second kappa shape index (κ2) is 11.3. The fourth-order valence-electron chi connectivity index (χ4n) is 1.87. The maximum Gasteiger partial charge on any atom is 0.120 e. The van der Waals surface area contributed by atoms with E-state index in [9.17, 15) is 0 Å². The Morgan fingerprint density at radius 3 is 2.48 bits per heavy atom. The summed E-state index contributed by atoms with van der Waals surface area (Å²) in [6.07, 6.45) is 10.9. The first kappa shape index (κ1) is 18.8. The van der Waals surface area contributed by atoms with Crippen LogP contribution in [0.4, 0.5) is 0 Å². The zero-order valence-corrected chi connectivity index (χ0v) is 14.7. The van der Waals surface area contributed by atoms with Crippen LogP contribution >= 0.6 is 0 Å². The largest absolute Gasteiger partial charge is 0.494 e. The molecule has 0 bridgehead atoms. The molecule has 0 N–H and O–H groups in total. The van der Waals surface area contributed by atoms with Crippen molar-refractivity contribution in [3.05, 3.63) is 95.8 Å². The first-order valence-corrected chi connectivity index (χ1v) is 8.17. The Morgan fingerprint density at radius 2 is 1.74 bits per heavy atom. The molecule has 23 heavy (non-hydrogen) atoms. The van der Waals surface area contributed by atoms with Crippen LogP contribution in [0.1, 0.15) is 44.4 Å². The molecule has 0 aromatic heterocycles. The van der Waals surface area contributed by atoms with Crippen LogP contribution in [0.2, 0.25) is 0 Å².